The van der Waals surface area contributed by atoms with Crippen molar-refractivity contribution in [3.05, 3.63) is 30.0 Å². The van der Waals surface area contributed by atoms with E-state index in [9.17, 15) is 13.2 Å². The minimum atomic E-state index is -3.24. The Balaban J connectivity index is 2.71. The van der Waals surface area contributed by atoms with Gasteiger partial charge in [0.15, 0.2) is 9.84 Å². The summed E-state index contributed by atoms with van der Waals surface area (Å²) >= 11 is 0. The van der Waals surface area contributed by atoms with Crippen molar-refractivity contribution < 1.29 is 13.2 Å². The third kappa shape index (κ3) is 1.67. The number of aromatic amines is 1. The number of carbonyl (C=O) groups excluding carboxylic acids is 1. The van der Waals surface area contributed by atoms with Crippen LogP contribution >= 0.6 is 0 Å². The van der Waals surface area contributed by atoms with Crippen LogP contribution < -0.4 is 5.73 Å². The minimum absolute atomic E-state index is 0.206. The monoisotopic (exact) mass is 238 g/mol. The first-order valence-corrected chi connectivity index (χ1v) is 6.40. The molecule has 0 saturated carbocycles. The fourth-order valence-electron chi connectivity index (χ4n) is 1.54. The van der Waals surface area contributed by atoms with Crippen LogP contribution in [0.1, 0.15) is 10.4 Å². The zero-order valence-electron chi connectivity index (χ0n) is 8.52. The Hall–Kier alpha value is -1.82. The van der Waals surface area contributed by atoms with E-state index in [-0.39, 0.29) is 4.90 Å². The van der Waals surface area contributed by atoms with Gasteiger partial charge in [0.25, 0.3) is 5.91 Å². The quantitative estimate of drug-likeness (QED) is 0.805. The highest BCUT2D eigenvalue weighted by molar-refractivity contribution is 7.90. The highest BCUT2D eigenvalue weighted by Crippen LogP contribution is 2.21. The lowest BCUT2D eigenvalue weighted by molar-refractivity contribution is 0.100. The summed E-state index contributed by atoms with van der Waals surface area (Å²) in [5.74, 6) is -0.543. The summed E-state index contributed by atoms with van der Waals surface area (Å²) in [4.78, 5) is 14.1. The average molecular weight is 238 g/mol. The van der Waals surface area contributed by atoms with Crippen molar-refractivity contribution in [2.45, 2.75) is 4.90 Å². The van der Waals surface area contributed by atoms with Crippen molar-refractivity contribution in [2.24, 2.45) is 5.73 Å². The van der Waals surface area contributed by atoms with E-state index in [1.54, 1.807) is 6.07 Å². The van der Waals surface area contributed by atoms with Crippen molar-refractivity contribution in [3.63, 3.8) is 0 Å². The number of benzene rings is 1. The van der Waals surface area contributed by atoms with E-state index in [0.717, 1.165) is 6.26 Å². The molecule has 0 unspecified atom stereocenters. The number of amides is 1. The molecule has 5 nitrogen and oxygen atoms in total. The van der Waals surface area contributed by atoms with Crippen LogP contribution in [0, 0.1) is 0 Å². The van der Waals surface area contributed by atoms with Gasteiger partial charge in [0.2, 0.25) is 0 Å². The number of aromatic nitrogens is 1. The topological polar surface area (TPSA) is 93.0 Å². The minimum Gasteiger partial charge on any atom is -0.366 e. The molecule has 1 amide bonds. The highest BCUT2D eigenvalue weighted by Gasteiger charge is 2.12. The number of nitrogens with one attached hydrogen (secondary N) is 1. The summed E-state index contributed by atoms with van der Waals surface area (Å²) in [6, 6.07) is 4.51. The molecular formula is C10H10N2O3S. The first-order chi connectivity index (χ1) is 7.39. The Morgan fingerprint density at radius 2 is 2.06 bits per heavy atom. The van der Waals surface area contributed by atoms with E-state index >= 15 is 0 Å². The molecule has 3 N–H and O–H groups in total. The van der Waals surface area contributed by atoms with Gasteiger partial charge in [0, 0.05) is 23.4 Å². The van der Waals surface area contributed by atoms with Crippen molar-refractivity contribution in [1.29, 1.82) is 0 Å². The Kier molecular flexibility index (Phi) is 2.23. The molecule has 0 saturated heterocycles. The number of hydrogen-bond donors (Lipinski definition) is 2. The Bertz CT molecular complexity index is 670. The first-order valence-electron chi connectivity index (χ1n) is 4.50. The van der Waals surface area contributed by atoms with E-state index in [2.05, 4.69) is 4.98 Å². The van der Waals surface area contributed by atoms with Gasteiger partial charge < -0.3 is 10.7 Å². The number of primary amides is 1. The van der Waals surface area contributed by atoms with Crippen LogP contribution in [0.4, 0.5) is 0 Å². The molecule has 0 aliphatic heterocycles. The fraction of sp³-hybridized carbons (Fsp3) is 0.100. The molecule has 0 aliphatic rings. The van der Waals surface area contributed by atoms with Gasteiger partial charge in [-0.2, -0.15) is 0 Å². The number of sulfone groups is 1. The van der Waals surface area contributed by atoms with Gasteiger partial charge in [-0.3, -0.25) is 4.79 Å². The maximum absolute atomic E-state index is 11.3. The fourth-order valence-corrected chi connectivity index (χ4v) is 2.19. The molecule has 0 radical (unpaired) electrons. The summed E-state index contributed by atoms with van der Waals surface area (Å²) in [5.41, 5.74) is 6.11. The SMILES string of the molecule is CS(=O)(=O)c1ccc2c(C(N)=O)c[nH]c2c1. The molecule has 6 heteroatoms. The molecule has 1 aromatic carbocycles. The Labute approximate surface area is 92.2 Å². The predicted octanol–water partition coefficient (Wildman–Crippen LogP) is 0.670. The third-order valence-corrected chi connectivity index (χ3v) is 3.46. The van der Waals surface area contributed by atoms with Crippen LogP contribution in [0.25, 0.3) is 10.9 Å². The van der Waals surface area contributed by atoms with E-state index in [1.165, 1.54) is 18.3 Å². The molecule has 1 heterocycles. The van der Waals surface area contributed by atoms with Crippen molar-refractivity contribution in [3.8, 4) is 0 Å². The van der Waals surface area contributed by atoms with Crippen LogP contribution in [0.5, 0.6) is 0 Å². The van der Waals surface area contributed by atoms with Gasteiger partial charge in [0.05, 0.1) is 10.5 Å². The second-order valence-electron chi connectivity index (χ2n) is 3.55. The van der Waals surface area contributed by atoms with E-state index in [4.69, 9.17) is 5.73 Å². The molecular weight excluding hydrogens is 228 g/mol. The molecule has 1 aromatic heterocycles. The summed E-state index contributed by atoms with van der Waals surface area (Å²) in [5, 5.41) is 0.625. The maximum atomic E-state index is 11.3. The third-order valence-electron chi connectivity index (χ3n) is 2.35. The summed E-state index contributed by atoms with van der Waals surface area (Å²) in [7, 11) is -3.24. The van der Waals surface area contributed by atoms with Crippen LogP contribution in [0.15, 0.2) is 29.3 Å². The van der Waals surface area contributed by atoms with E-state index < -0.39 is 15.7 Å². The largest absolute Gasteiger partial charge is 0.366 e. The Morgan fingerprint density at radius 1 is 1.38 bits per heavy atom. The van der Waals surface area contributed by atoms with E-state index in [1.807, 2.05) is 0 Å². The van der Waals surface area contributed by atoms with Crippen molar-refractivity contribution in [2.75, 3.05) is 6.26 Å². The lowest BCUT2D eigenvalue weighted by atomic mass is 10.2. The molecule has 16 heavy (non-hydrogen) atoms. The zero-order valence-corrected chi connectivity index (χ0v) is 9.34. The van der Waals surface area contributed by atoms with Crippen LogP contribution in [0.3, 0.4) is 0 Å². The number of nitrogens with two attached hydrogens (primary N) is 1. The van der Waals surface area contributed by atoms with Gasteiger partial charge >= 0.3 is 0 Å². The summed E-state index contributed by atoms with van der Waals surface area (Å²) in [6.45, 7) is 0. The van der Waals surface area contributed by atoms with Crippen LogP contribution in [-0.2, 0) is 9.84 Å². The maximum Gasteiger partial charge on any atom is 0.250 e. The normalized spacial score (nSPS) is 11.8. The molecule has 0 bridgehead atoms. The second kappa shape index (κ2) is 3.34. The highest BCUT2D eigenvalue weighted by atomic mass is 32.2. The average Bonchev–Trinajstić information content (AvgIpc) is 2.58. The standard InChI is InChI=1S/C10H10N2O3S/c1-16(14,15)6-2-3-7-8(10(11)13)5-12-9(7)4-6/h2-5,12H,1H3,(H2,11,13). The zero-order chi connectivity index (χ0) is 11.9. The van der Waals surface area contributed by atoms with Crippen LogP contribution in [-0.4, -0.2) is 25.6 Å². The first kappa shape index (κ1) is 10.7. The number of fused-ring (bicyclic) bond motifs is 1. The lowest BCUT2D eigenvalue weighted by Gasteiger charge is -1.98. The van der Waals surface area contributed by atoms with Crippen LogP contribution in [0.2, 0.25) is 0 Å². The Morgan fingerprint density at radius 3 is 2.62 bits per heavy atom. The molecule has 2 aromatic rings. The number of carbonyl (C=O) groups is 1. The van der Waals surface area contributed by atoms with Gasteiger partial charge in [0.1, 0.15) is 0 Å². The van der Waals surface area contributed by atoms with E-state index in [0.29, 0.717) is 16.5 Å². The molecule has 84 valence electrons. The van der Waals surface area contributed by atoms with Gasteiger partial charge in [-0.15, -0.1) is 0 Å². The van der Waals surface area contributed by atoms with Crippen molar-refractivity contribution >= 4 is 26.6 Å². The number of rotatable bonds is 2. The lowest BCUT2D eigenvalue weighted by Crippen LogP contribution is -2.09. The number of hydrogen-bond acceptors (Lipinski definition) is 3. The van der Waals surface area contributed by atoms with Gasteiger partial charge in [-0.1, -0.05) is 6.07 Å². The molecule has 0 spiro atoms. The number of H-pyrrole nitrogens is 1. The van der Waals surface area contributed by atoms with Crippen molar-refractivity contribution in [1.82, 2.24) is 4.98 Å². The second-order valence-corrected chi connectivity index (χ2v) is 5.56. The van der Waals surface area contributed by atoms with Gasteiger partial charge in [-0.25, -0.2) is 8.42 Å². The summed E-state index contributed by atoms with van der Waals surface area (Å²) < 4.78 is 22.6. The van der Waals surface area contributed by atoms with Gasteiger partial charge in [-0.05, 0) is 12.1 Å². The molecule has 2 rings (SSSR count). The molecule has 0 aliphatic carbocycles. The summed E-state index contributed by atoms with van der Waals surface area (Å²) in [6.07, 6.45) is 2.60. The predicted molar refractivity (Wildman–Crippen MR) is 59.9 cm³/mol. The molecule has 0 atom stereocenters. The smallest absolute Gasteiger partial charge is 0.250 e. The molecule has 0 fully saturated rings.